The summed E-state index contributed by atoms with van der Waals surface area (Å²) in [7, 11) is 0. The summed E-state index contributed by atoms with van der Waals surface area (Å²) in [6.07, 6.45) is -0.223. The molecule has 23 heavy (non-hydrogen) atoms. The number of anilines is 1. The highest BCUT2D eigenvalue weighted by atomic mass is 19.1. The smallest absolute Gasteiger partial charge is 0.341 e. The van der Waals surface area contributed by atoms with E-state index in [9.17, 15) is 9.18 Å². The van der Waals surface area contributed by atoms with Gasteiger partial charge in [-0.1, -0.05) is 5.11 Å². The standard InChI is InChI=1S/C15H19FN4O3/c1-15(2,3)23-14(21)12-5-4-10(6-13(12)16)20-8-11(22-9-20)7-18-19-17/h4-6,11H,7-9H2,1-3H3/t11-/m1/s1. The number of esters is 1. The minimum Gasteiger partial charge on any atom is -0.456 e. The van der Waals surface area contributed by atoms with Gasteiger partial charge in [0.05, 0.1) is 18.2 Å². The van der Waals surface area contributed by atoms with Crippen LogP contribution in [0, 0.1) is 5.82 Å². The van der Waals surface area contributed by atoms with Gasteiger partial charge in [0.25, 0.3) is 0 Å². The van der Waals surface area contributed by atoms with Crippen LogP contribution in [0.2, 0.25) is 0 Å². The summed E-state index contributed by atoms with van der Waals surface area (Å²) in [5.41, 5.74) is 8.12. The Labute approximate surface area is 133 Å². The third-order valence-corrected chi connectivity index (χ3v) is 3.18. The third kappa shape index (κ3) is 4.58. The molecule has 1 fully saturated rings. The molecule has 0 amide bonds. The lowest BCUT2D eigenvalue weighted by atomic mass is 10.1. The van der Waals surface area contributed by atoms with Crippen molar-refractivity contribution in [1.29, 1.82) is 0 Å². The van der Waals surface area contributed by atoms with Crippen molar-refractivity contribution in [3.05, 3.63) is 40.0 Å². The van der Waals surface area contributed by atoms with Gasteiger partial charge in [-0.25, -0.2) is 9.18 Å². The van der Waals surface area contributed by atoms with E-state index in [1.807, 2.05) is 0 Å². The molecule has 124 valence electrons. The van der Waals surface area contributed by atoms with E-state index in [1.54, 1.807) is 31.7 Å². The Kier molecular flexibility index (Phi) is 5.08. The molecule has 8 heteroatoms. The largest absolute Gasteiger partial charge is 0.456 e. The van der Waals surface area contributed by atoms with Gasteiger partial charge in [0.2, 0.25) is 0 Å². The molecule has 1 aromatic carbocycles. The van der Waals surface area contributed by atoms with Gasteiger partial charge in [-0.05, 0) is 44.5 Å². The number of ether oxygens (including phenoxy) is 2. The molecule has 0 radical (unpaired) electrons. The van der Waals surface area contributed by atoms with Crippen LogP contribution < -0.4 is 4.90 Å². The molecule has 7 nitrogen and oxygen atoms in total. The minimum atomic E-state index is -0.694. The average molecular weight is 322 g/mol. The molecule has 0 spiro atoms. The van der Waals surface area contributed by atoms with Crippen LogP contribution in [0.5, 0.6) is 0 Å². The Hall–Kier alpha value is -2.31. The van der Waals surface area contributed by atoms with E-state index in [4.69, 9.17) is 15.0 Å². The Balaban J connectivity index is 2.08. The van der Waals surface area contributed by atoms with Crippen LogP contribution in [-0.4, -0.2) is 37.5 Å². The molecule has 0 unspecified atom stereocenters. The molecular weight excluding hydrogens is 303 g/mol. The van der Waals surface area contributed by atoms with Crippen LogP contribution in [0.1, 0.15) is 31.1 Å². The summed E-state index contributed by atoms with van der Waals surface area (Å²) < 4.78 is 24.8. The van der Waals surface area contributed by atoms with Crippen LogP contribution in [0.15, 0.2) is 23.3 Å². The van der Waals surface area contributed by atoms with Crippen LogP contribution in [0.4, 0.5) is 10.1 Å². The second-order valence-corrected chi connectivity index (χ2v) is 6.22. The molecule has 0 aromatic heterocycles. The fraction of sp³-hybridized carbons (Fsp3) is 0.533. The number of nitrogens with zero attached hydrogens (tertiary/aromatic N) is 4. The molecule has 1 atom stereocenters. The number of carbonyl (C=O) groups excluding carboxylic acids is 1. The van der Waals surface area contributed by atoms with Gasteiger partial charge in [-0.3, -0.25) is 0 Å². The quantitative estimate of drug-likeness (QED) is 0.368. The fourth-order valence-corrected chi connectivity index (χ4v) is 2.16. The first-order chi connectivity index (χ1) is 10.8. The van der Waals surface area contributed by atoms with E-state index in [2.05, 4.69) is 10.0 Å². The van der Waals surface area contributed by atoms with Crippen LogP contribution >= 0.6 is 0 Å². The highest BCUT2D eigenvalue weighted by Crippen LogP contribution is 2.24. The number of benzene rings is 1. The lowest BCUT2D eigenvalue weighted by Gasteiger charge is -2.20. The SMILES string of the molecule is CC(C)(C)OC(=O)c1ccc(N2CO[C@H](CN=[N+]=[N-])C2)cc1F. The van der Waals surface area contributed by atoms with Crippen molar-refractivity contribution in [2.24, 2.45) is 5.11 Å². The van der Waals surface area contributed by atoms with Gasteiger partial charge < -0.3 is 14.4 Å². The molecule has 1 saturated heterocycles. The van der Waals surface area contributed by atoms with Crippen molar-refractivity contribution in [3.63, 3.8) is 0 Å². The Morgan fingerprint density at radius 1 is 1.57 bits per heavy atom. The number of halogens is 1. The molecule has 0 N–H and O–H groups in total. The summed E-state index contributed by atoms with van der Waals surface area (Å²) in [6.45, 7) is 6.17. The normalized spacial score (nSPS) is 17.7. The first kappa shape index (κ1) is 17.1. The Morgan fingerprint density at radius 3 is 2.91 bits per heavy atom. The van der Waals surface area contributed by atoms with Crippen LogP contribution in [0.25, 0.3) is 10.4 Å². The van der Waals surface area contributed by atoms with Crippen LogP contribution in [0.3, 0.4) is 0 Å². The van der Waals surface area contributed by atoms with Crippen molar-refractivity contribution in [3.8, 4) is 0 Å². The molecule has 1 heterocycles. The second kappa shape index (κ2) is 6.85. The van der Waals surface area contributed by atoms with Crippen molar-refractivity contribution < 1.29 is 18.7 Å². The molecule has 0 saturated carbocycles. The number of hydrogen-bond donors (Lipinski definition) is 0. The molecule has 2 rings (SSSR count). The maximum absolute atomic E-state index is 14.2. The van der Waals surface area contributed by atoms with Gasteiger partial charge >= 0.3 is 5.97 Å². The molecule has 1 aliphatic heterocycles. The van der Waals surface area contributed by atoms with E-state index < -0.39 is 17.4 Å². The number of carbonyl (C=O) groups is 1. The lowest BCUT2D eigenvalue weighted by molar-refractivity contribution is 0.00648. The lowest BCUT2D eigenvalue weighted by Crippen LogP contribution is -2.25. The van der Waals surface area contributed by atoms with Crippen molar-refractivity contribution >= 4 is 11.7 Å². The second-order valence-electron chi connectivity index (χ2n) is 6.22. The van der Waals surface area contributed by atoms with E-state index >= 15 is 0 Å². The van der Waals surface area contributed by atoms with E-state index in [1.165, 1.54) is 12.1 Å². The first-order valence-electron chi connectivity index (χ1n) is 7.20. The first-order valence-corrected chi connectivity index (χ1v) is 7.20. The van der Waals surface area contributed by atoms with Gasteiger partial charge in [0.1, 0.15) is 18.1 Å². The zero-order valence-electron chi connectivity index (χ0n) is 13.3. The Bertz CT molecular complexity index is 638. The van der Waals surface area contributed by atoms with E-state index in [0.717, 1.165) is 0 Å². The number of rotatable bonds is 4. The summed E-state index contributed by atoms with van der Waals surface area (Å²) in [5.74, 6) is -1.34. The maximum atomic E-state index is 14.2. The number of hydrogen-bond acceptors (Lipinski definition) is 5. The highest BCUT2D eigenvalue weighted by molar-refractivity contribution is 5.90. The summed E-state index contributed by atoms with van der Waals surface area (Å²) in [6, 6.07) is 4.32. The average Bonchev–Trinajstić information content (AvgIpc) is 2.91. The summed E-state index contributed by atoms with van der Waals surface area (Å²) in [4.78, 5) is 16.4. The van der Waals surface area contributed by atoms with Crippen molar-refractivity contribution in [1.82, 2.24) is 0 Å². The highest BCUT2D eigenvalue weighted by Gasteiger charge is 2.25. The summed E-state index contributed by atoms with van der Waals surface area (Å²) >= 11 is 0. The Morgan fingerprint density at radius 2 is 2.30 bits per heavy atom. The van der Waals surface area contributed by atoms with Gasteiger partial charge in [0, 0.05) is 17.1 Å². The fourth-order valence-electron chi connectivity index (χ4n) is 2.16. The van der Waals surface area contributed by atoms with Crippen molar-refractivity contribution in [2.45, 2.75) is 32.5 Å². The molecular formula is C15H19FN4O3. The molecule has 1 aliphatic rings. The predicted molar refractivity (Wildman–Crippen MR) is 82.7 cm³/mol. The van der Waals surface area contributed by atoms with E-state index in [0.29, 0.717) is 12.2 Å². The van der Waals surface area contributed by atoms with Gasteiger partial charge in [0.15, 0.2) is 0 Å². The molecule has 1 aromatic rings. The molecule has 0 bridgehead atoms. The molecule has 0 aliphatic carbocycles. The van der Waals surface area contributed by atoms with Crippen molar-refractivity contribution in [2.75, 3.05) is 24.7 Å². The van der Waals surface area contributed by atoms with Crippen LogP contribution in [-0.2, 0) is 9.47 Å². The zero-order valence-corrected chi connectivity index (χ0v) is 13.3. The monoisotopic (exact) mass is 322 g/mol. The topological polar surface area (TPSA) is 87.5 Å². The third-order valence-electron chi connectivity index (χ3n) is 3.18. The van der Waals surface area contributed by atoms with E-state index in [-0.39, 0.29) is 24.9 Å². The predicted octanol–water partition coefficient (Wildman–Crippen LogP) is 3.25. The van der Waals surface area contributed by atoms with Gasteiger partial charge in [-0.2, -0.15) is 0 Å². The minimum absolute atomic E-state index is 0.102. The number of azide groups is 1. The van der Waals surface area contributed by atoms with Gasteiger partial charge in [-0.15, -0.1) is 0 Å². The summed E-state index contributed by atoms with van der Waals surface area (Å²) in [5, 5.41) is 3.46. The maximum Gasteiger partial charge on any atom is 0.341 e. The zero-order chi connectivity index (χ0) is 17.0.